The number of fused-ring (bicyclic) bond motifs is 1. The number of aromatic nitrogens is 2. The zero-order chi connectivity index (χ0) is 20.7. The number of hydrogen-bond donors (Lipinski definition) is 1. The van der Waals surface area contributed by atoms with Crippen molar-refractivity contribution in [1.82, 2.24) is 14.3 Å². The summed E-state index contributed by atoms with van der Waals surface area (Å²) in [5.74, 6) is 0.520. The third-order valence-electron chi connectivity index (χ3n) is 5.96. The summed E-state index contributed by atoms with van der Waals surface area (Å²) in [4.78, 5) is 17.7. The number of rotatable bonds is 4. The van der Waals surface area contributed by atoms with Gasteiger partial charge in [-0.2, -0.15) is 0 Å². The maximum Gasteiger partial charge on any atom is 0.278 e. The van der Waals surface area contributed by atoms with Gasteiger partial charge in [-0.25, -0.2) is 4.68 Å². The molecule has 154 valence electrons. The van der Waals surface area contributed by atoms with E-state index in [1.54, 1.807) is 15.6 Å². The highest BCUT2D eigenvalue weighted by atomic mass is 16.3. The van der Waals surface area contributed by atoms with Gasteiger partial charge in [0.15, 0.2) is 5.58 Å². The summed E-state index contributed by atoms with van der Waals surface area (Å²) in [6.07, 6.45) is 1.74. The zero-order valence-electron chi connectivity index (χ0n) is 17.0. The molecule has 0 atom stereocenters. The van der Waals surface area contributed by atoms with Gasteiger partial charge in [0.25, 0.3) is 5.56 Å². The molecule has 7 nitrogen and oxygen atoms in total. The Hall–Kier alpha value is -3.45. The summed E-state index contributed by atoms with van der Waals surface area (Å²) in [7, 11) is 1.83. The van der Waals surface area contributed by atoms with Crippen LogP contribution in [0, 0.1) is 0 Å². The van der Waals surface area contributed by atoms with Gasteiger partial charge in [0, 0.05) is 45.2 Å². The predicted octanol–water partition coefficient (Wildman–Crippen LogP) is 2.83. The first-order valence-electron chi connectivity index (χ1n) is 10.2. The summed E-state index contributed by atoms with van der Waals surface area (Å²) >= 11 is 0. The van der Waals surface area contributed by atoms with Crippen LogP contribution in [0.25, 0.3) is 16.7 Å². The van der Waals surface area contributed by atoms with Crippen LogP contribution in [0.3, 0.4) is 0 Å². The molecular weight excluding hydrogens is 378 g/mol. The molecule has 0 unspecified atom stereocenters. The summed E-state index contributed by atoms with van der Waals surface area (Å²) < 4.78 is 9.07. The van der Waals surface area contributed by atoms with Crippen molar-refractivity contribution in [3.63, 3.8) is 0 Å². The average Bonchev–Trinajstić information content (AvgIpc) is 3.34. The van der Waals surface area contributed by atoms with Crippen molar-refractivity contribution in [2.45, 2.75) is 6.54 Å². The lowest BCUT2D eigenvalue weighted by Crippen LogP contribution is -2.46. The maximum absolute atomic E-state index is 13.1. The standard InChI is InChI=1S/C23H25N5O2/c1-25-22(24)19(23(29)28(25)18-7-3-2-4-8-18)16-26-11-13-27(14-12-26)20-9-5-6-17-10-15-30-21(17)20/h2-10,15H,11-14,16,24H2,1H3. The molecule has 1 aliphatic heterocycles. The van der Waals surface area contributed by atoms with E-state index in [9.17, 15) is 4.79 Å². The van der Waals surface area contributed by atoms with Crippen molar-refractivity contribution in [2.24, 2.45) is 7.05 Å². The molecule has 0 bridgehead atoms. The van der Waals surface area contributed by atoms with Gasteiger partial charge in [-0.15, -0.1) is 0 Å². The molecule has 1 aliphatic rings. The quantitative estimate of drug-likeness (QED) is 0.567. The van der Waals surface area contributed by atoms with E-state index in [0.29, 0.717) is 17.9 Å². The van der Waals surface area contributed by atoms with Gasteiger partial charge in [-0.3, -0.25) is 14.4 Å². The number of piperazine rings is 1. The lowest BCUT2D eigenvalue weighted by molar-refractivity contribution is 0.249. The first kappa shape index (κ1) is 18.6. The monoisotopic (exact) mass is 403 g/mol. The van der Waals surface area contributed by atoms with E-state index in [-0.39, 0.29) is 5.56 Å². The molecule has 0 amide bonds. The second-order valence-electron chi connectivity index (χ2n) is 7.72. The van der Waals surface area contributed by atoms with Crippen LogP contribution in [0.4, 0.5) is 11.5 Å². The molecule has 7 heteroatoms. The smallest absolute Gasteiger partial charge is 0.278 e. The van der Waals surface area contributed by atoms with Crippen LogP contribution in [0.2, 0.25) is 0 Å². The number of benzene rings is 2. The molecule has 0 aliphatic carbocycles. The Morgan fingerprint density at radius 3 is 2.50 bits per heavy atom. The molecule has 2 aromatic heterocycles. The molecule has 3 heterocycles. The number of nitrogens with zero attached hydrogens (tertiary/aromatic N) is 4. The Balaban J connectivity index is 1.34. The fourth-order valence-electron chi connectivity index (χ4n) is 4.28. The number of nitrogen functional groups attached to an aromatic ring is 1. The third-order valence-corrected chi connectivity index (χ3v) is 5.96. The molecule has 4 aromatic rings. The first-order valence-corrected chi connectivity index (χ1v) is 10.2. The number of para-hydroxylation sites is 2. The third kappa shape index (κ3) is 3.07. The molecule has 30 heavy (non-hydrogen) atoms. The van der Waals surface area contributed by atoms with Gasteiger partial charge in [-0.1, -0.05) is 30.3 Å². The molecule has 2 aromatic carbocycles. The number of furan rings is 1. The zero-order valence-corrected chi connectivity index (χ0v) is 17.0. The van der Waals surface area contributed by atoms with Crippen molar-refractivity contribution >= 4 is 22.5 Å². The van der Waals surface area contributed by atoms with Crippen molar-refractivity contribution < 1.29 is 4.42 Å². The van der Waals surface area contributed by atoms with E-state index < -0.39 is 0 Å². The lowest BCUT2D eigenvalue weighted by Gasteiger charge is -2.35. The predicted molar refractivity (Wildman–Crippen MR) is 119 cm³/mol. The Kier molecular flexibility index (Phi) is 4.59. The van der Waals surface area contributed by atoms with Gasteiger partial charge < -0.3 is 15.1 Å². The Morgan fingerprint density at radius 2 is 1.73 bits per heavy atom. The largest absolute Gasteiger partial charge is 0.462 e. The highest BCUT2D eigenvalue weighted by molar-refractivity contribution is 5.89. The molecule has 0 spiro atoms. The molecule has 2 N–H and O–H groups in total. The van der Waals surface area contributed by atoms with E-state index >= 15 is 0 Å². The van der Waals surface area contributed by atoms with Crippen molar-refractivity contribution in [2.75, 3.05) is 36.8 Å². The maximum atomic E-state index is 13.1. The number of nitrogens with two attached hydrogens (primary N) is 1. The van der Waals surface area contributed by atoms with Crippen LogP contribution in [0.15, 0.2) is 70.1 Å². The highest BCUT2D eigenvalue weighted by Gasteiger charge is 2.23. The molecule has 5 rings (SSSR count). The van der Waals surface area contributed by atoms with Crippen molar-refractivity contribution in [1.29, 1.82) is 0 Å². The minimum atomic E-state index is -0.0519. The van der Waals surface area contributed by atoms with Crippen LogP contribution in [0.5, 0.6) is 0 Å². The number of anilines is 2. The van der Waals surface area contributed by atoms with Crippen LogP contribution in [-0.2, 0) is 13.6 Å². The van der Waals surface area contributed by atoms with Gasteiger partial charge >= 0.3 is 0 Å². The molecule has 0 saturated carbocycles. The second kappa shape index (κ2) is 7.42. The topological polar surface area (TPSA) is 72.6 Å². The molecule has 1 fully saturated rings. The van der Waals surface area contributed by atoms with Crippen LogP contribution < -0.4 is 16.2 Å². The normalized spacial score (nSPS) is 15.2. The second-order valence-corrected chi connectivity index (χ2v) is 7.72. The fourth-order valence-corrected chi connectivity index (χ4v) is 4.28. The number of hydrogen-bond acceptors (Lipinski definition) is 5. The van der Waals surface area contributed by atoms with Crippen LogP contribution >= 0.6 is 0 Å². The van der Waals surface area contributed by atoms with Crippen LogP contribution in [0.1, 0.15) is 5.56 Å². The van der Waals surface area contributed by atoms with Gasteiger partial charge in [0.05, 0.1) is 23.2 Å². The van der Waals surface area contributed by atoms with E-state index in [0.717, 1.165) is 48.5 Å². The SMILES string of the molecule is Cn1c(N)c(CN2CCN(c3cccc4ccoc34)CC2)c(=O)n1-c1ccccc1. The van der Waals surface area contributed by atoms with E-state index in [1.807, 2.05) is 43.4 Å². The van der Waals surface area contributed by atoms with Crippen LogP contribution in [-0.4, -0.2) is 40.4 Å². The minimum absolute atomic E-state index is 0.0519. The molecular formula is C23H25N5O2. The Labute approximate surface area is 174 Å². The minimum Gasteiger partial charge on any atom is -0.462 e. The Bertz CT molecular complexity index is 1230. The van der Waals surface area contributed by atoms with Gasteiger partial charge in [-0.05, 0) is 24.3 Å². The molecule has 1 saturated heterocycles. The first-order chi connectivity index (χ1) is 14.6. The van der Waals surface area contributed by atoms with Gasteiger partial charge in [0.2, 0.25) is 0 Å². The average molecular weight is 403 g/mol. The van der Waals surface area contributed by atoms with Crippen molar-refractivity contribution in [3.8, 4) is 5.69 Å². The van der Waals surface area contributed by atoms with Gasteiger partial charge in [0.1, 0.15) is 5.82 Å². The highest BCUT2D eigenvalue weighted by Crippen LogP contribution is 2.28. The summed E-state index contributed by atoms with van der Waals surface area (Å²) in [6.45, 7) is 4.02. The Morgan fingerprint density at radius 1 is 0.967 bits per heavy atom. The van der Waals surface area contributed by atoms with E-state index in [2.05, 4.69) is 28.0 Å². The van der Waals surface area contributed by atoms with Crippen molar-refractivity contribution in [3.05, 3.63) is 76.8 Å². The van der Waals surface area contributed by atoms with E-state index in [4.69, 9.17) is 10.2 Å². The summed E-state index contributed by atoms with van der Waals surface area (Å²) in [5, 5.41) is 1.12. The fraction of sp³-hybridized carbons (Fsp3) is 0.261. The summed E-state index contributed by atoms with van der Waals surface area (Å²) in [6, 6.07) is 17.8. The summed E-state index contributed by atoms with van der Waals surface area (Å²) in [5.41, 5.74) is 9.80. The lowest BCUT2D eigenvalue weighted by atomic mass is 10.2. The molecule has 0 radical (unpaired) electrons. The van der Waals surface area contributed by atoms with E-state index in [1.165, 1.54) is 0 Å².